The van der Waals surface area contributed by atoms with Crippen molar-refractivity contribution < 1.29 is 4.79 Å². The van der Waals surface area contributed by atoms with Gasteiger partial charge < -0.3 is 4.90 Å². The van der Waals surface area contributed by atoms with Crippen LogP contribution in [0.1, 0.15) is 43.3 Å². The average Bonchev–Trinajstić information content (AvgIpc) is 2.81. The predicted octanol–water partition coefficient (Wildman–Crippen LogP) is 4.40. The molecule has 0 spiro atoms. The van der Waals surface area contributed by atoms with Gasteiger partial charge in [0.15, 0.2) is 0 Å². The number of halogens is 1. The van der Waals surface area contributed by atoms with Crippen LogP contribution >= 0.6 is 11.6 Å². The van der Waals surface area contributed by atoms with Crippen molar-refractivity contribution in [3.05, 3.63) is 51.8 Å². The van der Waals surface area contributed by atoms with Crippen molar-refractivity contribution in [3.63, 3.8) is 0 Å². The lowest BCUT2D eigenvalue weighted by Gasteiger charge is -2.22. The first-order valence-electron chi connectivity index (χ1n) is 8.87. The van der Waals surface area contributed by atoms with Gasteiger partial charge in [0.25, 0.3) is 0 Å². The van der Waals surface area contributed by atoms with E-state index in [-0.39, 0.29) is 5.91 Å². The Kier molecular flexibility index (Phi) is 6.65. The molecule has 1 heterocycles. The molecule has 4 nitrogen and oxygen atoms in total. The second-order valence-corrected chi connectivity index (χ2v) is 7.31. The lowest BCUT2D eigenvalue weighted by molar-refractivity contribution is -0.130. The van der Waals surface area contributed by atoms with Gasteiger partial charge in [-0.15, -0.1) is 0 Å². The first-order chi connectivity index (χ1) is 11.8. The minimum Gasteiger partial charge on any atom is -0.338 e. The van der Waals surface area contributed by atoms with E-state index in [1.165, 1.54) is 0 Å². The lowest BCUT2D eigenvalue weighted by Crippen LogP contribution is -2.32. The summed E-state index contributed by atoms with van der Waals surface area (Å²) in [6.45, 7) is 12.4. The molecule has 1 amide bonds. The largest absolute Gasteiger partial charge is 0.338 e. The summed E-state index contributed by atoms with van der Waals surface area (Å²) in [5, 5.41) is 5.31. The Morgan fingerprint density at radius 3 is 2.56 bits per heavy atom. The van der Waals surface area contributed by atoms with Crippen LogP contribution in [0, 0.1) is 19.8 Å². The van der Waals surface area contributed by atoms with E-state index in [2.05, 4.69) is 25.9 Å². The number of aryl methyl sites for hydroxylation is 1. The fourth-order valence-electron chi connectivity index (χ4n) is 2.99. The molecule has 25 heavy (non-hydrogen) atoms. The summed E-state index contributed by atoms with van der Waals surface area (Å²) < 4.78 is 2.02. The number of amides is 1. The highest BCUT2D eigenvalue weighted by molar-refractivity contribution is 6.31. The van der Waals surface area contributed by atoms with Gasteiger partial charge >= 0.3 is 0 Å². The maximum Gasteiger partial charge on any atom is 0.227 e. The van der Waals surface area contributed by atoms with Crippen molar-refractivity contribution in [1.29, 1.82) is 0 Å². The summed E-state index contributed by atoms with van der Waals surface area (Å²) >= 11 is 6.24. The van der Waals surface area contributed by atoms with Gasteiger partial charge in [0.1, 0.15) is 0 Å². The van der Waals surface area contributed by atoms with E-state index >= 15 is 0 Å². The van der Waals surface area contributed by atoms with Crippen LogP contribution in [0.3, 0.4) is 0 Å². The van der Waals surface area contributed by atoms with Gasteiger partial charge in [-0.2, -0.15) is 5.10 Å². The van der Waals surface area contributed by atoms with Crippen LogP contribution in [0.5, 0.6) is 0 Å². The summed E-state index contributed by atoms with van der Waals surface area (Å²) in [6, 6.07) is 7.68. The molecule has 0 saturated heterocycles. The van der Waals surface area contributed by atoms with Gasteiger partial charge in [-0.25, -0.2) is 0 Å². The Balaban J connectivity index is 2.14. The fraction of sp³-hybridized carbons (Fsp3) is 0.500. The van der Waals surface area contributed by atoms with E-state index in [1.807, 2.05) is 47.7 Å². The minimum absolute atomic E-state index is 0.109. The third-order valence-electron chi connectivity index (χ3n) is 4.45. The maximum atomic E-state index is 12.8. The Hall–Kier alpha value is -1.81. The van der Waals surface area contributed by atoms with Crippen molar-refractivity contribution in [2.24, 2.45) is 5.92 Å². The number of rotatable bonds is 7. The molecule has 0 aliphatic heterocycles. The number of likely N-dealkylation sites (N-methyl/N-ethyl adjacent to an activating group) is 1. The molecule has 0 fully saturated rings. The molecule has 2 rings (SSSR count). The van der Waals surface area contributed by atoms with Crippen LogP contribution in [0.15, 0.2) is 24.3 Å². The van der Waals surface area contributed by atoms with Gasteiger partial charge in [-0.3, -0.25) is 9.48 Å². The third-order valence-corrected chi connectivity index (χ3v) is 4.82. The van der Waals surface area contributed by atoms with Crippen LogP contribution in [0.2, 0.25) is 5.02 Å². The van der Waals surface area contributed by atoms with E-state index in [9.17, 15) is 4.79 Å². The summed E-state index contributed by atoms with van der Waals surface area (Å²) in [7, 11) is 0. The van der Waals surface area contributed by atoms with Crippen LogP contribution in [0.25, 0.3) is 0 Å². The highest BCUT2D eigenvalue weighted by Gasteiger charge is 2.19. The molecule has 0 saturated carbocycles. The van der Waals surface area contributed by atoms with Gasteiger partial charge in [-0.1, -0.05) is 43.6 Å². The van der Waals surface area contributed by atoms with Crippen molar-refractivity contribution in [2.75, 3.05) is 6.54 Å². The second-order valence-electron chi connectivity index (χ2n) is 6.90. The van der Waals surface area contributed by atoms with Crippen molar-refractivity contribution in [3.8, 4) is 0 Å². The number of aromatic nitrogens is 2. The zero-order valence-corrected chi connectivity index (χ0v) is 16.6. The SMILES string of the molecule is CCN(Cc1ccccc1Cl)C(=O)Cc1c(C)nn(CC(C)C)c1C. The van der Waals surface area contributed by atoms with Crippen LogP contribution in [0.4, 0.5) is 0 Å². The molecule has 136 valence electrons. The molecule has 2 aromatic rings. The zero-order chi connectivity index (χ0) is 18.6. The van der Waals surface area contributed by atoms with Crippen molar-refractivity contribution in [2.45, 2.75) is 54.1 Å². The minimum atomic E-state index is 0.109. The summed E-state index contributed by atoms with van der Waals surface area (Å²) in [4.78, 5) is 14.7. The topological polar surface area (TPSA) is 38.1 Å². The number of carbonyl (C=O) groups is 1. The van der Waals surface area contributed by atoms with Gasteiger partial charge in [-0.05, 0) is 38.3 Å². The lowest BCUT2D eigenvalue weighted by atomic mass is 10.1. The number of carbonyl (C=O) groups excluding carboxylic acids is 1. The van der Waals surface area contributed by atoms with Crippen LogP contribution < -0.4 is 0 Å². The quantitative estimate of drug-likeness (QED) is 0.733. The van der Waals surface area contributed by atoms with Crippen LogP contribution in [-0.2, 0) is 24.3 Å². The summed E-state index contributed by atoms with van der Waals surface area (Å²) in [6.07, 6.45) is 0.383. The molecule has 1 aromatic heterocycles. The molecule has 0 bridgehead atoms. The van der Waals surface area contributed by atoms with E-state index in [1.54, 1.807) is 0 Å². The van der Waals surface area contributed by atoms with E-state index in [4.69, 9.17) is 11.6 Å². The fourth-order valence-corrected chi connectivity index (χ4v) is 3.18. The molecule has 0 radical (unpaired) electrons. The molecule has 0 atom stereocenters. The second kappa shape index (κ2) is 8.52. The highest BCUT2D eigenvalue weighted by atomic mass is 35.5. The van der Waals surface area contributed by atoms with E-state index in [0.29, 0.717) is 30.5 Å². The van der Waals surface area contributed by atoms with E-state index in [0.717, 1.165) is 29.1 Å². The first kappa shape index (κ1) is 19.5. The molecule has 0 aliphatic rings. The molecular weight excluding hydrogens is 334 g/mol. The highest BCUT2D eigenvalue weighted by Crippen LogP contribution is 2.19. The van der Waals surface area contributed by atoms with Gasteiger partial charge in [0.05, 0.1) is 12.1 Å². The molecule has 0 aliphatic carbocycles. The van der Waals surface area contributed by atoms with E-state index < -0.39 is 0 Å². The first-order valence-corrected chi connectivity index (χ1v) is 9.25. The summed E-state index contributed by atoms with van der Waals surface area (Å²) in [5.74, 6) is 0.631. The Bertz CT molecular complexity index is 737. The molecular formula is C20H28ClN3O. The Morgan fingerprint density at radius 2 is 1.96 bits per heavy atom. The van der Waals surface area contributed by atoms with Crippen molar-refractivity contribution in [1.82, 2.24) is 14.7 Å². The molecule has 0 N–H and O–H groups in total. The molecule has 0 unspecified atom stereocenters. The zero-order valence-electron chi connectivity index (χ0n) is 15.8. The van der Waals surface area contributed by atoms with Gasteiger partial charge in [0.2, 0.25) is 5.91 Å². The number of hydrogen-bond donors (Lipinski definition) is 0. The van der Waals surface area contributed by atoms with Crippen molar-refractivity contribution >= 4 is 17.5 Å². The van der Waals surface area contributed by atoms with Crippen LogP contribution in [-0.4, -0.2) is 27.1 Å². The standard InChI is InChI=1S/C20H28ClN3O/c1-6-23(13-17-9-7-8-10-19(17)21)20(25)11-18-15(4)22-24(16(18)5)12-14(2)3/h7-10,14H,6,11-13H2,1-5H3. The predicted molar refractivity (Wildman–Crippen MR) is 103 cm³/mol. The maximum absolute atomic E-state index is 12.8. The number of benzene rings is 1. The Morgan fingerprint density at radius 1 is 1.28 bits per heavy atom. The normalized spacial score (nSPS) is 11.2. The third kappa shape index (κ3) is 4.85. The Labute approximate surface area is 155 Å². The van der Waals surface area contributed by atoms with Gasteiger partial charge in [0, 0.05) is 35.9 Å². The molecule has 5 heteroatoms. The monoisotopic (exact) mass is 361 g/mol. The average molecular weight is 362 g/mol. The summed E-state index contributed by atoms with van der Waals surface area (Å²) in [5.41, 5.74) is 4.06. The smallest absolute Gasteiger partial charge is 0.227 e. The number of nitrogens with zero attached hydrogens (tertiary/aromatic N) is 3. The molecule has 1 aromatic carbocycles. The number of hydrogen-bond acceptors (Lipinski definition) is 2.